The van der Waals surface area contributed by atoms with Crippen molar-refractivity contribution in [3.8, 4) is 0 Å². The van der Waals surface area contributed by atoms with E-state index in [1.165, 1.54) is 6.08 Å². The van der Waals surface area contributed by atoms with Crippen molar-refractivity contribution in [3.63, 3.8) is 0 Å². The van der Waals surface area contributed by atoms with Gasteiger partial charge >= 0.3 is 0 Å². The van der Waals surface area contributed by atoms with Crippen molar-refractivity contribution in [2.24, 2.45) is 4.99 Å². The lowest BCUT2D eigenvalue weighted by Gasteiger charge is -2.19. The third-order valence-corrected chi connectivity index (χ3v) is 6.60. The van der Waals surface area contributed by atoms with Crippen LogP contribution in [0.2, 0.25) is 0 Å². The lowest BCUT2D eigenvalue weighted by Crippen LogP contribution is -2.38. The van der Waals surface area contributed by atoms with Crippen LogP contribution in [-0.4, -0.2) is 103 Å². The monoisotopic (exact) mass is 551 g/mol. The van der Waals surface area contributed by atoms with Crippen molar-refractivity contribution in [2.75, 3.05) is 60.2 Å². The maximum Gasteiger partial charge on any atom is 0.244 e. The fourth-order valence-corrected chi connectivity index (χ4v) is 4.15. The third-order valence-electron chi connectivity index (χ3n) is 5.54. The molecule has 0 aromatic rings. The van der Waals surface area contributed by atoms with E-state index in [9.17, 15) is 14.1 Å². The van der Waals surface area contributed by atoms with Crippen LogP contribution >= 0.6 is 0 Å². The second kappa shape index (κ2) is 19.4. The van der Waals surface area contributed by atoms with Crippen LogP contribution in [0.25, 0.3) is 0 Å². The number of likely N-dealkylation sites (N-methyl/N-ethyl adjacent to an activating group) is 1. The number of aliphatic hydroxyl groups is 1. The molecule has 0 aliphatic carbocycles. The van der Waals surface area contributed by atoms with Gasteiger partial charge < -0.3 is 30.1 Å². The van der Waals surface area contributed by atoms with E-state index in [1.807, 2.05) is 54.4 Å². The van der Waals surface area contributed by atoms with E-state index in [0.29, 0.717) is 31.2 Å². The Morgan fingerprint density at radius 3 is 2.68 bits per heavy atom. The molecule has 0 saturated carbocycles. The van der Waals surface area contributed by atoms with E-state index >= 15 is 0 Å². The summed E-state index contributed by atoms with van der Waals surface area (Å²) in [4.78, 5) is 19.0. The number of nitrogens with zero attached hydrogens (tertiary/aromatic N) is 3. The van der Waals surface area contributed by atoms with Crippen LogP contribution in [0.15, 0.2) is 65.2 Å². The maximum absolute atomic E-state index is 12.3. The summed E-state index contributed by atoms with van der Waals surface area (Å²) >= 11 is 0. The molecule has 1 aliphatic rings. The molecule has 1 saturated heterocycles. The summed E-state index contributed by atoms with van der Waals surface area (Å²) in [5, 5.41) is 16.2. The number of rotatable bonds is 16. The van der Waals surface area contributed by atoms with Crippen LogP contribution in [-0.2, 0) is 25.3 Å². The first-order valence-electron chi connectivity index (χ1n) is 12.7. The Morgan fingerprint density at radius 1 is 1.29 bits per heavy atom. The number of allylic oxidation sites excluding steroid dienone is 5. The molecular formula is C27H45N5O5S. The first-order valence-corrected chi connectivity index (χ1v) is 14.2. The molecule has 3 N–H and O–H groups in total. The normalized spacial score (nSPS) is 19.6. The van der Waals surface area contributed by atoms with Crippen LogP contribution in [0.1, 0.15) is 26.7 Å². The topological polar surface area (TPSA) is 116 Å². The summed E-state index contributed by atoms with van der Waals surface area (Å²) in [6.45, 7) is 6.36. The van der Waals surface area contributed by atoms with Crippen molar-refractivity contribution in [2.45, 2.75) is 38.8 Å². The molecule has 1 rings (SSSR count). The van der Waals surface area contributed by atoms with E-state index in [4.69, 9.17) is 9.47 Å². The fourth-order valence-electron chi connectivity index (χ4n) is 3.41. The van der Waals surface area contributed by atoms with E-state index in [2.05, 4.69) is 15.6 Å². The number of nitrogens with one attached hydrogen (secondary N) is 2. The van der Waals surface area contributed by atoms with Crippen molar-refractivity contribution >= 4 is 22.7 Å². The van der Waals surface area contributed by atoms with Crippen molar-refractivity contribution < 1.29 is 23.6 Å². The summed E-state index contributed by atoms with van der Waals surface area (Å²) in [6, 6.07) is 0.0121. The molecule has 3 unspecified atom stereocenters. The van der Waals surface area contributed by atoms with Gasteiger partial charge in [-0.1, -0.05) is 25.2 Å². The molecule has 38 heavy (non-hydrogen) atoms. The Balaban J connectivity index is 2.54. The Labute approximate surface area is 230 Å². The van der Waals surface area contributed by atoms with Crippen molar-refractivity contribution in [3.05, 3.63) is 60.3 Å². The van der Waals surface area contributed by atoms with Crippen LogP contribution in [0.5, 0.6) is 0 Å². The maximum atomic E-state index is 12.3. The molecule has 0 bridgehead atoms. The van der Waals surface area contributed by atoms with Gasteiger partial charge in [0.05, 0.1) is 43.1 Å². The smallest absolute Gasteiger partial charge is 0.244 e. The number of carbonyl (C=O) groups excluding carboxylic acids is 1. The Bertz CT molecular complexity index is 929. The van der Waals surface area contributed by atoms with Gasteiger partial charge in [0.25, 0.3) is 0 Å². The lowest BCUT2D eigenvalue weighted by molar-refractivity contribution is -0.117. The zero-order chi connectivity index (χ0) is 28.3. The van der Waals surface area contributed by atoms with Crippen LogP contribution < -0.4 is 10.6 Å². The molecule has 0 radical (unpaired) electrons. The zero-order valence-electron chi connectivity index (χ0n) is 23.6. The van der Waals surface area contributed by atoms with Gasteiger partial charge in [-0.2, -0.15) is 0 Å². The highest BCUT2D eigenvalue weighted by atomic mass is 32.2. The Kier molecular flexibility index (Phi) is 17.0. The average molecular weight is 552 g/mol. The van der Waals surface area contributed by atoms with Gasteiger partial charge in [0.15, 0.2) is 0 Å². The molecule has 11 heteroatoms. The van der Waals surface area contributed by atoms with E-state index in [-0.39, 0.29) is 18.5 Å². The van der Waals surface area contributed by atoms with Gasteiger partial charge in [-0.05, 0) is 45.2 Å². The highest BCUT2D eigenvalue weighted by molar-refractivity contribution is 7.81. The van der Waals surface area contributed by atoms with Gasteiger partial charge in [0, 0.05) is 51.1 Å². The summed E-state index contributed by atoms with van der Waals surface area (Å²) in [6.07, 6.45) is 16.8. The van der Waals surface area contributed by atoms with E-state index in [1.54, 1.807) is 38.8 Å². The van der Waals surface area contributed by atoms with Crippen molar-refractivity contribution in [1.29, 1.82) is 0 Å². The highest BCUT2D eigenvalue weighted by Crippen LogP contribution is 2.14. The summed E-state index contributed by atoms with van der Waals surface area (Å²) in [5.74, 6) is 1.66. The fraction of sp³-hybridized carbons (Fsp3) is 0.556. The molecule has 3 atom stereocenters. The Hall–Kier alpha value is -2.73. The molecule has 1 amide bonds. The second-order valence-corrected chi connectivity index (χ2v) is 10.2. The molecule has 0 spiro atoms. The number of carbonyl (C=O) groups is 1. The van der Waals surface area contributed by atoms with Gasteiger partial charge in [-0.3, -0.25) is 9.79 Å². The molecule has 0 aromatic carbocycles. The highest BCUT2D eigenvalue weighted by Gasteiger charge is 2.24. The number of amidine groups is 1. The molecule has 0 aromatic heterocycles. The van der Waals surface area contributed by atoms with Crippen molar-refractivity contribution in [1.82, 2.24) is 19.8 Å². The first kappa shape index (κ1) is 33.3. The number of hydrogen-bond acceptors (Lipinski definition) is 7. The van der Waals surface area contributed by atoms with E-state index in [0.717, 1.165) is 25.1 Å². The number of aliphatic imine (C=N–C) groups is 1. The summed E-state index contributed by atoms with van der Waals surface area (Å²) in [5.41, 5.74) is 0. The van der Waals surface area contributed by atoms with Gasteiger partial charge in [0.1, 0.15) is 11.6 Å². The molecule has 1 aliphatic heterocycles. The predicted octanol–water partition coefficient (Wildman–Crippen LogP) is 1.87. The average Bonchev–Trinajstić information content (AvgIpc) is 3.36. The molecular weight excluding hydrogens is 506 g/mol. The standard InChI is InChI=1S/C27H45N5O5S/c1-7-8-15-28-26(30-23-14-17-32(20-23)38(6)35)12-13-27(34)29-19-24(33)21-31(3)16-10-9-11-25(37-5)18-22(2)36-4/h8-13,15,18,23-24,33H,7,14,16-17,19-21H2,1-6H3,(H,28,30)(H,29,34)/b10-9+,13-12+,15-8?,22-18+,25-11+. The second-order valence-electron chi connectivity index (χ2n) is 8.84. The largest absolute Gasteiger partial charge is 0.501 e. The Morgan fingerprint density at radius 2 is 2.05 bits per heavy atom. The van der Waals surface area contributed by atoms with Gasteiger partial charge in [0.2, 0.25) is 5.91 Å². The molecule has 10 nitrogen and oxygen atoms in total. The van der Waals surface area contributed by atoms with Gasteiger partial charge in [-0.15, -0.1) is 0 Å². The molecule has 1 heterocycles. The minimum atomic E-state index is -1.01. The molecule has 1 fully saturated rings. The minimum absolute atomic E-state index is 0.0121. The number of amides is 1. The van der Waals surface area contributed by atoms with E-state index < -0.39 is 17.1 Å². The van der Waals surface area contributed by atoms with Crippen LogP contribution in [0.4, 0.5) is 0 Å². The number of methoxy groups -OCH3 is 2. The predicted molar refractivity (Wildman–Crippen MR) is 155 cm³/mol. The molecule has 214 valence electrons. The summed E-state index contributed by atoms with van der Waals surface area (Å²) < 4.78 is 24.0. The zero-order valence-corrected chi connectivity index (χ0v) is 24.4. The number of hydrogen-bond donors (Lipinski definition) is 3. The third kappa shape index (κ3) is 14.9. The lowest BCUT2D eigenvalue weighted by atomic mass is 10.3. The quantitative estimate of drug-likeness (QED) is 0.0882. The minimum Gasteiger partial charge on any atom is -0.501 e. The van der Waals surface area contributed by atoms with Crippen LogP contribution in [0, 0.1) is 0 Å². The number of aliphatic hydroxyl groups excluding tert-OH is 1. The van der Waals surface area contributed by atoms with Crippen LogP contribution in [0.3, 0.4) is 0 Å². The number of ether oxygens (including phenoxy) is 2. The van der Waals surface area contributed by atoms with Gasteiger partial charge in [-0.25, -0.2) is 8.51 Å². The SMILES string of the molecule is CCC=CNC(/C=C/C(=O)NCC(O)CN(C)C/C=C/C=C(\C=C(/C)OC)OC)=NC1CCN(S(C)=O)C1. The first-order chi connectivity index (χ1) is 18.2. The summed E-state index contributed by atoms with van der Waals surface area (Å²) in [7, 11) is 4.08.